The van der Waals surface area contributed by atoms with E-state index in [9.17, 15) is 10.2 Å². The molecular weight excluding hydrogens is 436 g/mol. The third-order valence-electron chi connectivity index (χ3n) is 5.90. The molecule has 35 heavy (non-hydrogen) atoms. The average molecular weight is 463 g/mol. The minimum atomic E-state index is 0.222. The van der Waals surface area contributed by atoms with Gasteiger partial charge < -0.3 is 14.9 Å². The SMILES string of the molecule is CCc1c(-c2ccc(O)cc2)nn(Cc2cccc(Oc3ccccc3)c2)c1-c1ccc(O)cc1. The molecular formula is C30H26N2O3. The maximum atomic E-state index is 9.84. The van der Waals surface area contributed by atoms with Gasteiger partial charge in [0.05, 0.1) is 17.9 Å². The highest BCUT2D eigenvalue weighted by molar-refractivity contribution is 5.75. The monoisotopic (exact) mass is 462 g/mol. The second kappa shape index (κ2) is 9.77. The van der Waals surface area contributed by atoms with Crippen LogP contribution < -0.4 is 4.74 Å². The molecule has 0 radical (unpaired) electrons. The second-order valence-corrected chi connectivity index (χ2v) is 8.34. The Morgan fingerprint density at radius 2 is 1.34 bits per heavy atom. The summed E-state index contributed by atoms with van der Waals surface area (Å²) in [5.41, 5.74) is 5.98. The first-order chi connectivity index (χ1) is 17.1. The van der Waals surface area contributed by atoms with Crippen molar-refractivity contribution in [1.82, 2.24) is 9.78 Å². The lowest BCUT2D eigenvalue weighted by Crippen LogP contribution is -2.04. The Bertz CT molecular complexity index is 1420. The average Bonchev–Trinajstić information content (AvgIpc) is 3.24. The van der Waals surface area contributed by atoms with Crippen LogP contribution in [0.5, 0.6) is 23.0 Å². The third kappa shape index (κ3) is 4.89. The Hall–Kier alpha value is -4.51. The number of benzene rings is 4. The van der Waals surface area contributed by atoms with Gasteiger partial charge in [0.15, 0.2) is 0 Å². The van der Waals surface area contributed by atoms with Crippen molar-refractivity contribution in [2.45, 2.75) is 19.9 Å². The van der Waals surface area contributed by atoms with E-state index in [4.69, 9.17) is 9.84 Å². The Morgan fingerprint density at radius 3 is 2.00 bits per heavy atom. The van der Waals surface area contributed by atoms with Gasteiger partial charge in [-0.3, -0.25) is 4.68 Å². The molecule has 0 spiro atoms. The number of para-hydroxylation sites is 1. The topological polar surface area (TPSA) is 67.5 Å². The first-order valence-corrected chi connectivity index (χ1v) is 11.6. The highest BCUT2D eigenvalue weighted by Gasteiger charge is 2.20. The number of rotatable bonds is 7. The van der Waals surface area contributed by atoms with Crippen molar-refractivity contribution < 1.29 is 14.9 Å². The summed E-state index contributed by atoms with van der Waals surface area (Å²) in [7, 11) is 0. The van der Waals surface area contributed by atoms with Crippen molar-refractivity contribution in [1.29, 1.82) is 0 Å². The molecule has 0 atom stereocenters. The summed E-state index contributed by atoms with van der Waals surface area (Å²) in [4.78, 5) is 0. The van der Waals surface area contributed by atoms with Gasteiger partial charge in [-0.15, -0.1) is 0 Å². The fourth-order valence-electron chi connectivity index (χ4n) is 4.25. The summed E-state index contributed by atoms with van der Waals surface area (Å²) in [6.07, 6.45) is 0.781. The zero-order chi connectivity index (χ0) is 24.2. The summed E-state index contributed by atoms with van der Waals surface area (Å²) in [6.45, 7) is 2.66. The molecule has 0 saturated heterocycles. The number of phenols is 2. The van der Waals surface area contributed by atoms with Crippen LogP contribution >= 0.6 is 0 Å². The summed E-state index contributed by atoms with van der Waals surface area (Å²) < 4.78 is 8.04. The molecule has 0 bridgehead atoms. The Labute approximate surface area is 204 Å². The van der Waals surface area contributed by atoms with E-state index in [1.165, 1.54) is 0 Å². The van der Waals surface area contributed by atoms with Crippen LogP contribution in [0.1, 0.15) is 18.1 Å². The molecule has 5 nitrogen and oxygen atoms in total. The predicted octanol–water partition coefficient (Wildman–Crippen LogP) is 7.03. The van der Waals surface area contributed by atoms with Crippen molar-refractivity contribution in [3.63, 3.8) is 0 Å². The number of ether oxygens (including phenoxy) is 1. The van der Waals surface area contributed by atoms with Crippen LogP contribution in [-0.4, -0.2) is 20.0 Å². The minimum absolute atomic E-state index is 0.222. The van der Waals surface area contributed by atoms with E-state index in [1.807, 2.05) is 77.5 Å². The molecule has 5 heteroatoms. The minimum Gasteiger partial charge on any atom is -0.508 e. The Balaban J connectivity index is 1.57. The molecule has 0 amide bonds. The number of nitrogens with zero attached hydrogens (tertiary/aromatic N) is 2. The number of hydrogen-bond acceptors (Lipinski definition) is 4. The quantitative estimate of drug-likeness (QED) is 0.272. The Kier molecular flexibility index (Phi) is 6.22. The largest absolute Gasteiger partial charge is 0.508 e. The van der Waals surface area contributed by atoms with E-state index >= 15 is 0 Å². The third-order valence-corrected chi connectivity index (χ3v) is 5.90. The molecule has 1 heterocycles. The summed E-state index contributed by atoms with van der Waals surface area (Å²) in [5, 5.41) is 24.6. The van der Waals surface area contributed by atoms with Gasteiger partial charge in [0.25, 0.3) is 0 Å². The van der Waals surface area contributed by atoms with E-state index < -0.39 is 0 Å². The predicted molar refractivity (Wildman–Crippen MR) is 138 cm³/mol. The normalized spacial score (nSPS) is 10.9. The van der Waals surface area contributed by atoms with Crippen LogP contribution in [0.3, 0.4) is 0 Å². The molecule has 0 unspecified atom stereocenters. The standard InChI is InChI=1S/C30H26N2O3/c1-2-28-29(22-11-15-24(33)16-12-22)31-32(30(28)23-13-17-25(34)18-14-23)20-21-7-6-10-27(19-21)35-26-8-4-3-5-9-26/h3-19,33-34H,2,20H2,1H3. The molecule has 0 aliphatic carbocycles. The van der Waals surface area contributed by atoms with Crippen LogP contribution in [0.15, 0.2) is 103 Å². The van der Waals surface area contributed by atoms with Crippen LogP contribution in [0.4, 0.5) is 0 Å². The van der Waals surface area contributed by atoms with Gasteiger partial charge in [0.2, 0.25) is 0 Å². The van der Waals surface area contributed by atoms with Gasteiger partial charge in [0, 0.05) is 16.7 Å². The van der Waals surface area contributed by atoms with Crippen LogP contribution in [0.25, 0.3) is 22.5 Å². The van der Waals surface area contributed by atoms with Gasteiger partial charge in [-0.25, -0.2) is 0 Å². The van der Waals surface area contributed by atoms with E-state index in [0.717, 1.165) is 51.6 Å². The molecule has 0 saturated carbocycles. The van der Waals surface area contributed by atoms with E-state index in [0.29, 0.717) is 6.54 Å². The van der Waals surface area contributed by atoms with Crippen LogP contribution in [0, 0.1) is 0 Å². The van der Waals surface area contributed by atoms with Crippen molar-refractivity contribution in [3.8, 4) is 45.5 Å². The Morgan fingerprint density at radius 1 is 0.714 bits per heavy atom. The molecule has 0 aliphatic heterocycles. The molecule has 2 N–H and O–H groups in total. The van der Waals surface area contributed by atoms with Crippen molar-refractivity contribution >= 4 is 0 Å². The van der Waals surface area contributed by atoms with Gasteiger partial charge >= 0.3 is 0 Å². The number of hydrogen-bond donors (Lipinski definition) is 2. The number of aromatic hydroxyl groups is 2. The first-order valence-electron chi connectivity index (χ1n) is 11.6. The first kappa shape index (κ1) is 22.3. The maximum Gasteiger partial charge on any atom is 0.127 e. The van der Waals surface area contributed by atoms with Gasteiger partial charge in [-0.05, 0) is 84.8 Å². The molecule has 1 aromatic heterocycles. The zero-order valence-electron chi connectivity index (χ0n) is 19.4. The van der Waals surface area contributed by atoms with Crippen LogP contribution in [-0.2, 0) is 13.0 Å². The van der Waals surface area contributed by atoms with E-state index in [-0.39, 0.29) is 11.5 Å². The van der Waals surface area contributed by atoms with Crippen molar-refractivity contribution in [2.75, 3.05) is 0 Å². The summed E-state index contributed by atoms with van der Waals surface area (Å²) >= 11 is 0. The molecule has 174 valence electrons. The van der Waals surface area contributed by atoms with Crippen molar-refractivity contribution in [3.05, 3.63) is 114 Å². The van der Waals surface area contributed by atoms with Crippen LogP contribution in [0.2, 0.25) is 0 Å². The van der Waals surface area contributed by atoms with Gasteiger partial charge in [-0.2, -0.15) is 5.10 Å². The fourth-order valence-corrected chi connectivity index (χ4v) is 4.25. The van der Waals surface area contributed by atoms with E-state index in [2.05, 4.69) is 13.0 Å². The van der Waals surface area contributed by atoms with Crippen molar-refractivity contribution in [2.24, 2.45) is 0 Å². The van der Waals surface area contributed by atoms with Gasteiger partial charge in [0.1, 0.15) is 23.0 Å². The summed E-state index contributed by atoms with van der Waals surface area (Å²) in [5.74, 6) is 2.00. The lowest BCUT2D eigenvalue weighted by molar-refractivity contribution is 0.475. The second-order valence-electron chi connectivity index (χ2n) is 8.34. The highest BCUT2D eigenvalue weighted by Crippen LogP contribution is 2.35. The molecule has 4 aromatic carbocycles. The number of aromatic nitrogens is 2. The smallest absolute Gasteiger partial charge is 0.127 e. The zero-order valence-corrected chi connectivity index (χ0v) is 19.4. The number of phenolic OH excluding ortho intramolecular Hbond substituents is 2. The van der Waals surface area contributed by atoms with E-state index in [1.54, 1.807) is 24.3 Å². The fraction of sp³-hybridized carbons (Fsp3) is 0.100. The molecule has 0 aliphatic rings. The van der Waals surface area contributed by atoms with Gasteiger partial charge in [-0.1, -0.05) is 37.3 Å². The lowest BCUT2D eigenvalue weighted by atomic mass is 9.99. The molecule has 0 fully saturated rings. The molecule has 5 aromatic rings. The summed E-state index contributed by atoms with van der Waals surface area (Å²) in [6, 6.07) is 32.1. The lowest BCUT2D eigenvalue weighted by Gasteiger charge is -2.11. The highest BCUT2D eigenvalue weighted by atomic mass is 16.5. The maximum absolute atomic E-state index is 9.84. The molecule has 5 rings (SSSR count).